The molecule has 1 atom stereocenters. The van der Waals surface area contributed by atoms with Crippen molar-refractivity contribution in [3.63, 3.8) is 0 Å². The van der Waals surface area contributed by atoms with E-state index < -0.39 is 0 Å². The van der Waals surface area contributed by atoms with E-state index in [0.29, 0.717) is 10.8 Å². The molecule has 1 rings (SSSR count). The summed E-state index contributed by atoms with van der Waals surface area (Å²) in [7, 11) is 0. The van der Waals surface area contributed by atoms with E-state index in [0.717, 1.165) is 11.7 Å². The van der Waals surface area contributed by atoms with Gasteiger partial charge in [-0.3, -0.25) is 0 Å². The van der Waals surface area contributed by atoms with Crippen LogP contribution in [0.5, 0.6) is 0 Å². The van der Waals surface area contributed by atoms with Gasteiger partial charge in [0.05, 0.1) is 0 Å². The second kappa shape index (κ2) is 5.21. The van der Waals surface area contributed by atoms with Crippen LogP contribution in [0.4, 0.5) is 0 Å². The molecule has 0 amide bonds. The molecular weight excluding hydrogens is 212 g/mol. The molecular formula is C10H20N2S2. The van der Waals surface area contributed by atoms with Gasteiger partial charge < -0.3 is 10.6 Å². The third-order valence-electron chi connectivity index (χ3n) is 2.34. The van der Waals surface area contributed by atoms with Crippen molar-refractivity contribution in [2.24, 2.45) is 0 Å². The zero-order valence-corrected chi connectivity index (χ0v) is 10.9. The Labute approximate surface area is 96.6 Å². The Morgan fingerprint density at radius 1 is 1.57 bits per heavy atom. The highest BCUT2D eigenvalue weighted by Gasteiger charge is 2.29. The molecule has 0 aromatic heterocycles. The lowest BCUT2D eigenvalue weighted by Gasteiger charge is -2.24. The van der Waals surface area contributed by atoms with Gasteiger partial charge in [-0.15, -0.1) is 0 Å². The van der Waals surface area contributed by atoms with Gasteiger partial charge in [-0.05, 0) is 51.6 Å². The fourth-order valence-electron chi connectivity index (χ4n) is 1.56. The first-order chi connectivity index (χ1) is 6.52. The maximum atomic E-state index is 5.18. The highest BCUT2D eigenvalue weighted by atomic mass is 32.2. The van der Waals surface area contributed by atoms with E-state index in [1.54, 1.807) is 0 Å². The molecule has 1 aliphatic heterocycles. The summed E-state index contributed by atoms with van der Waals surface area (Å²) in [6, 6.07) is 0.416. The van der Waals surface area contributed by atoms with Gasteiger partial charge in [0, 0.05) is 17.3 Å². The molecule has 4 heteroatoms. The third-order valence-corrected chi connectivity index (χ3v) is 4.14. The monoisotopic (exact) mass is 232 g/mol. The summed E-state index contributed by atoms with van der Waals surface area (Å²) in [6.07, 6.45) is 2.64. The summed E-state index contributed by atoms with van der Waals surface area (Å²) in [5, 5.41) is 7.28. The average Bonchev–Trinajstić information content (AvgIpc) is 2.49. The Bertz CT molecular complexity index is 198. The Morgan fingerprint density at radius 2 is 2.29 bits per heavy atom. The van der Waals surface area contributed by atoms with E-state index in [2.05, 4.69) is 43.2 Å². The first-order valence-electron chi connectivity index (χ1n) is 5.20. The van der Waals surface area contributed by atoms with Crippen LogP contribution in [0.3, 0.4) is 0 Å². The average molecular weight is 232 g/mol. The summed E-state index contributed by atoms with van der Waals surface area (Å²) in [5.74, 6) is 1.29. The number of hydrogen-bond donors (Lipinski definition) is 2. The van der Waals surface area contributed by atoms with Gasteiger partial charge in [-0.1, -0.05) is 0 Å². The zero-order chi connectivity index (χ0) is 10.6. The van der Waals surface area contributed by atoms with Crippen LogP contribution in [-0.2, 0) is 0 Å². The van der Waals surface area contributed by atoms with Crippen molar-refractivity contribution < 1.29 is 0 Å². The van der Waals surface area contributed by atoms with Crippen molar-refractivity contribution in [1.82, 2.24) is 10.6 Å². The molecule has 14 heavy (non-hydrogen) atoms. The largest absolute Gasteiger partial charge is 0.361 e. The predicted molar refractivity (Wildman–Crippen MR) is 69.0 cm³/mol. The second-order valence-electron chi connectivity index (χ2n) is 4.38. The number of rotatable bonds is 3. The molecule has 1 fully saturated rings. The van der Waals surface area contributed by atoms with Gasteiger partial charge >= 0.3 is 0 Å². The van der Waals surface area contributed by atoms with Crippen LogP contribution in [0.2, 0.25) is 0 Å². The fraction of sp³-hybridized carbons (Fsp3) is 0.900. The van der Waals surface area contributed by atoms with Crippen molar-refractivity contribution in [1.29, 1.82) is 0 Å². The number of nitrogens with one attached hydrogen (secondary N) is 2. The highest BCUT2D eigenvalue weighted by molar-refractivity contribution is 8.00. The van der Waals surface area contributed by atoms with Crippen LogP contribution in [0, 0.1) is 0 Å². The van der Waals surface area contributed by atoms with Crippen molar-refractivity contribution in [2.45, 2.75) is 44.4 Å². The maximum Gasteiger partial charge on any atom is 0.166 e. The normalized spacial score (nSPS) is 26.6. The van der Waals surface area contributed by atoms with E-state index in [1.165, 1.54) is 18.6 Å². The SMILES string of the molecule is CC(C)NC(=S)NCC1(C)CCCS1. The van der Waals surface area contributed by atoms with E-state index in [4.69, 9.17) is 12.2 Å². The van der Waals surface area contributed by atoms with E-state index in [1.807, 2.05) is 0 Å². The van der Waals surface area contributed by atoms with Crippen molar-refractivity contribution in [3.8, 4) is 0 Å². The van der Waals surface area contributed by atoms with Crippen molar-refractivity contribution in [3.05, 3.63) is 0 Å². The topological polar surface area (TPSA) is 24.1 Å². The molecule has 0 aromatic rings. The lowest BCUT2D eigenvalue weighted by Crippen LogP contribution is -2.44. The van der Waals surface area contributed by atoms with Gasteiger partial charge in [-0.25, -0.2) is 0 Å². The minimum absolute atomic E-state index is 0.392. The van der Waals surface area contributed by atoms with Crippen LogP contribution in [0.25, 0.3) is 0 Å². The van der Waals surface area contributed by atoms with E-state index in [9.17, 15) is 0 Å². The molecule has 0 aromatic carbocycles. The van der Waals surface area contributed by atoms with E-state index >= 15 is 0 Å². The summed E-state index contributed by atoms with van der Waals surface area (Å²) < 4.78 is 0.392. The number of thiocarbonyl (C=S) groups is 1. The van der Waals surface area contributed by atoms with Gasteiger partial charge in [-0.2, -0.15) is 11.8 Å². The van der Waals surface area contributed by atoms with Crippen LogP contribution < -0.4 is 10.6 Å². The molecule has 1 aliphatic rings. The quantitative estimate of drug-likeness (QED) is 0.728. The Hall–Kier alpha value is 0.0400. The van der Waals surface area contributed by atoms with Gasteiger partial charge in [0.25, 0.3) is 0 Å². The molecule has 2 N–H and O–H groups in total. The predicted octanol–water partition coefficient (Wildman–Crippen LogP) is 2.14. The summed E-state index contributed by atoms with van der Waals surface area (Å²) >= 11 is 7.24. The number of hydrogen-bond acceptors (Lipinski definition) is 2. The summed E-state index contributed by atoms with van der Waals surface area (Å²) in [4.78, 5) is 0. The first-order valence-corrected chi connectivity index (χ1v) is 6.59. The van der Waals surface area contributed by atoms with Crippen LogP contribution in [-0.4, -0.2) is 28.2 Å². The summed E-state index contributed by atoms with van der Waals surface area (Å²) in [5.41, 5.74) is 0. The smallest absolute Gasteiger partial charge is 0.166 e. The molecule has 0 saturated carbocycles. The summed E-state index contributed by atoms with van der Waals surface area (Å²) in [6.45, 7) is 7.49. The molecule has 1 unspecified atom stereocenters. The molecule has 0 bridgehead atoms. The Kier molecular flexibility index (Phi) is 4.51. The molecule has 2 nitrogen and oxygen atoms in total. The lowest BCUT2D eigenvalue weighted by atomic mass is 10.1. The number of thioether (sulfide) groups is 1. The van der Waals surface area contributed by atoms with Crippen LogP contribution in [0.15, 0.2) is 0 Å². The van der Waals surface area contributed by atoms with Crippen LogP contribution >= 0.6 is 24.0 Å². The standard InChI is InChI=1S/C10H20N2S2/c1-8(2)12-9(13)11-7-10(3)5-4-6-14-10/h8H,4-7H2,1-3H3,(H2,11,12,13). The third kappa shape index (κ3) is 4.05. The van der Waals surface area contributed by atoms with Gasteiger partial charge in [0.15, 0.2) is 5.11 Å². The molecule has 1 saturated heterocycles. The zero-order valence-electron chi connectivity index (χ0n) is 9.22. The maximum absolute atomic E-state index is 5.18. The molecule has 0 spiro atoms. The molecule has 82 valence electrons. The van der Waals surface area contributed by atoms with Gasteiger partial charge in [0.1, 0.15) is 0 Å². The molecule has 1 heterocycles. The molecule has 0 radical (unpaired) electrons. The van der Waals surface area contributed by atoms with E-state index in [-0.39, 0.29) is 0 Å². The minimum atomic E-state index is 0.392. The first kappa shape index (κ1) is 12.1. The van der Waals surface area contributed by atoms with Gasteiger partial charge in [0.2, 0.25) is 0 Å². The fourth-order valence-corrected chi connectivity index (χ4v) is 3.11. The highest BCUT2D eigenvalue weighted by Crippen LogP contribution is 2.36. The van der Waals surface area contributed by atoms with Crippen LogP contribution in [0.1, 0.15) is 33.6 Å². The Balaban J connectivity index is 2.22. The van der Waals surface area contributed by atoms with Crippen molar-refractivity contribution in [2.75, 3.05) is 12.3 Å². The van der Waals surface area contributed by atoms with Crippen molar-refractivity contribution >= 4 is 29.1 Å². The second-order valence-corrected chi connectivity index (χ2v) is 6.47. The molecule has 0 aliphatic carbocycles. The Morgan fingerprint density at radius 3 is 2.79 bits per heavy atom. The lowest BCUT2D eigenvalue weighted by molar-refractivity contribution is 0.583. The minimum Gasteiger partial charge on any atom is -0.361 e.